The topological polar surface area (TPSA) is 109 Å². The Morgan fingerprint density at radius 1 is 1.06 bits per heavy atom. The van der Waals surface area contributed by atoms with Crippen molar-refractivity contribution in [3.63, 3.8) is 0 Å². The molecule has 0 aliphatic carbocycles. The Labute approximate surface area is 208 Å². The van der Waals surface area contributed by atoms with Crippen molar-refractivity contribution in [2.75, 3.05) is 18.2 Å². The van der Waals surface area contributed by atoms with Crippen LogP contribution in [0.15, 0.2) is 100 Å². The molecule has 1 atom stereocenters. The van der Waals surface area contributed by atoms with Crippen LogP contribution in [-0.4, -0.2) is 39.9 Å². The number of carbonyl (C=O) groups is 1. The fourth-order valence-corrected chi connectivity index (χ4v) is 4.40. The standard InChI is InChI=1S/C25H19BrN4O5/c26-18-8-12-19(13-9-18)29-23(24(31)28-14-15-35-25(28)32)21(16-6-10-20(11-7-16)30(33)34)22(27-29)17-4-2-1-3-5-17/h1-13,21,31H,14-15H2/b24-23+/t21-/m1/s1. The molecule has 35 heavy (non-hydrogen) atoms. The third-order valence-corrected chi connectivity index (χ3v) is 6.34. The van der Waals surface area contributed by atoms with Crippen molar-refractivity contribution in [1.29, 1.82) is 0 Å². The summed E-state index contributed by atoms with van der Waals surface area (Å²) in [5, 5.41) is 29.1. The van der Waals surface area contributed by atoms with Gasteiger partial charge in [-0.2, -0.15) is 5.10 Å². The molecule has 1 saturated heterocycles. The number of anilines is 1. The Morgan fingerprint density at radius 3 is 2.34 bits per heavy atom. The van der Waals surface area contributed by atoms with Crippen LogP contribution in [-0.2, 0) is 4.74 Å². The molecular formula is C25H19BrN4O5. The number of aliphatic hydroxyl groups excluding tert-OH is 1. The van der Waals surface area contributed by atoms with Gasteiger partial charge >= 0.3 is 6.09 Å². The summed E-state index contributed by atoms with van der Waals surface area (Å²) in [6.45, 7) is 0.346. The van der Waals surface area contributed by atoms with Gasteiger partial charge in [-0.3, -0.25) is 10.1 Å². The number of non-ortho nitro benzene ring substituents is 1. The lowest BCUT2D eigenvalue weighted by Crippen LogP contribution is -2.29. The zero-order valence-corrected chi connectivity index (χ0v) is 19.8. The molecule has 1 fully saturated rings. The van der Waals surface area contributed by atoms with E-state index in [0.29, 0.717) is 22.7 Å². The molecule has 0 bridgehead atoms. The van der Waals surface area contributed by atoms with Gasteiger partial charge in [0.05, 0.1) is 28.8 Å². The van der Waals surface area contributed by atoms with Gasteiger partial charge in [0.15, 0.2) is 0 Å². The second-order valence-corrected chi connectivity index (χ2v) is 8.81. The van der Waals surface area contributed by atoms with E-state index in [-0.39, 0.29) is 24.7 Å². The molecule has 2 aliphatic heterocycles. The molecule has 0 saturated carbocycles. The lowest BCUT2D eigenvalue weighted by atomic mass is 9.87. The van der Waals surface area contributed by atoms with E-state index in [4.69, 9.17) is 9.84 Å². The molecule has 1 amide bonds. The van der Waals surface area contributed by atoms with Crippen LogP contribution in [0, 0.1) is 10.1 Å². The summed E-state index contributed by atoms with van der Waals surface area (Å²) in [7, 11) is 0. The molecule has 5 rings (SSSR count). The zero-order valence-electron chi connectivity index (χ0n) is 18.2. The number of cyclic esters (lactones) is 1. The lowest BCUT2D eigenvalue weighted by Gasteiger charge is -2.24. The largest absolute Gasteiger partial charge is 0.493 e. The summed E-state index contributed by atoms with van der Waals surface area (Å²) in [6, 6.07) is 23.0. The van der Waals surface area contributed by atoms with E-state index in [2.05, 4.69) is 15.9 Å². The van der Waals surface area contributed by atoms with Crippen molar-refractivity contribution < 1.29 is 19.6 Å². The van der Waals surface area contributed by atoms with Gasteiger partial charge in [0.25, 0.3) is 5.69 Å². The van der Waals surface area contributed by atoms with Gasteiger partial charge in [-0.25, -0.2) is 14.7 Å². The number of amides is 1. The lowest BCUT2D eigenvalue weighted by molar-refractivity contribution is -0.384. The van der Waals surface area contributed by atoms with Gasteiger partial charge in [0.1, 0.15) is 12.3 Å². The maximum absolute atomic E-state index is 12.3. The van der Waals surface area contributed by atoms with E-state index in [9.17, 15) is 20.0 Å². The highest BCUT2D eigenvalue weighted by molar-refractivity contribution is 9.10. The first kappa shape index (κ1) is 22.6. The molecule has 0 spiro atoms. The van der Waals surface area contributed by atoms with Crippen LogP contribution in [0.5, 0.6) is 0 Å². The minimum atomic E-state index is -0.652. The minimum Gasteiger partial charge on any atom is -0.493 e. The minimum absolute atomic E-state index is 0.0485. The van der Waals surface area contributed by atoms with Gasteiger partial charge in [-0.15, -0.1) is 0 Å². The fraction of sp³-hybridized carbons (Fsp3) is 0.120. The first-order valence-electron chi connectivity index (χ1n) is 10.8. The molecule has 3 aromatic carbocycles. The van der Waals surface area contributed by atoms with Gasteiger partial charge in [0.2, 0.25) is 5.88 Å². The average molecular weight is 535 g/mol. The van der Waals surface area contributed by atoms with E-state index in [1.165, 1.54) is 17.0 Å². The van der Waals surface area contributed by atoms with Crippen LogP contribution in [0.25, 0.3) is 0 Å². The number of nitrogens with zero attached hydrogens (tertiary/aromatic N) is 4. The maximum atomic E-state index is 12.3. The number of hydrogen-bond donors (Lipinski definition) is 1. The molecule has 2 aliphatic rings. The van der Waals surface area contributed by atoms with Crippen molar-refractivity contribution in [2.45, 2.75) is 5.92 Å². The quantitative estimate of drug-likeness (QED) is 0.261. The van der Waals surface area contributed by atoms with E-state index >= 15 is 0 Å². The zero-order chi connectivity index (χ0) is 24.5. The number of carbonyl (C=O) groups excluding carboxylic acids is 1. The molecular weight excluding hydrogens is 516 g/mol. The number of nitro groups is 1. The first-order valence-corrected chi connectivity index (χ1v) is 11.5. The van der Waals surface area contributed by atoms with Crippen molar-refractivity contribution in [3.8, 4) is 0 Å². The summed E-state index contributed by atoms with van der Waals surface area (Å²) in [6.07, 6.45) is -0.652. The summed E-state index contributed by atoms with van der Waals surface area (Å²) in [4.78, 5) is 24.3. The Hall–Kier alpha value is -4.18. The summed E-state index contributed by atoms with van der Waals surface area (Å²) in [5.74, 6) is -0.899. The molecule has 2 heterocycles. The number of benzene rings is 3. The van der Waals surface area contributed by atoms with Crippen LogP contribution >= 0.6 is 15.9 Å². The third-order valence-electron chi connectivity index (χ3n) is 5.81. The van der Waals surface area contributed by atoms with Gasteiger partial charge in [-0.05, 0) is 35.4 Å². The third kappa shape index (κ3) is 4.24. The SMILES string of the molecule is O=C1OCCN1/C(O)=C1/[C@H](c2ccc([N+](=O)[O-])cc2)C(c2ccccc2)=NN1c1ccc(Br)cc1. The Balaban J connectivity index is 1.73. The van der Waals surface area contributed by atoms with Crippen LogP contribution in [0.4, 0.5) is 16.2 Å². The fourth-order valence-electron chi connectivity index (χ4n) is 4.14. The number of aliphatic hydroxyl groups is 1. The Kier molecular flexibility index (Phi) is 5.96. The number of nitro benzene ring substituents is 1. The van der Waals surface area contributed by atoms with Crippen LogP contribution in [0.1, 0.15) is 17.0 Å². The van der Waals surface area contributed by atoms with E-state index in [0.717, 1.165) is 10.0 Å². The van der Waals surface area contributed by atoms with Crippen molar-refractivity contribution in [3.05, 3.63) is 116 Å². The number of ether oxygens (including phenoxy) is 1. The molecule has 176 valence electrons. The van der Waals surface area contributed by atoms with Crippen LogP contribution < -0.4 is 5.01 Å². The highest BCUT2D eigenvalue weighted by atomic mass is 79.9. The van der Waals surface area contributed by atoms with E-state index < -0.39 is 16.9 Å². The molecule has 3 aromatic rings. The molecule has 0 aromatic heterocycles. The van der Waals surface area contributed by atoms with Crippen molar-refractivity contribution in [2.24, 2.45) is 5.10 Å². The maximum Gasteiger partial charge on any atom is 0.416 e. The number of allylic oxidation sites excluding steroid dienone is 1. The van der Waals surface area contributed by atoms with Gasteiger partial charge in [0, 0.05) is 16.6 Å². The average Bonchev–Trinajstić information content (AvgIpc) is 3.49. The Bertz CT molecular complexity index is 1340. The second kappa shape index (κ2) is 9.22. The molecule has 9 nitrogen and oxygen atoms in total. The molecule has 0 unspecified atom stereocenters. The highest BCUT2D eigenvalue weighted by Gasteiger charge is 2.41. The number of halogens is 1. The van der Waals surface area contributed by atoms with Crippen LogP contribution in [0.3, 0.4) is 0 Å². The predicted octanol–water partition coefficient (Wildman–Crippen LogP) is 5.54. The number of rotatable bonds is 5. The number of hydrazone groups is 1. The van der Waals surface area contributed by atoms with Gasteiger partial charge in [-0.1, -0.05) is 58.4 Å². The highest BCUT2D eigenvalue weighted by Crippen LogP contribution is 2.42. The predicted molar refractivity (Wildman–Crippen MR) is 133 cm³/mol. The summed E-state index contributed by atoms with van der Waals surface area (Å²) >= 11 is 3.44. The summed E-state index contributed by atoms with van der Waals surface area (Å²) in [5.41, 5.74) is 3.07. The van der Waals surface area contributed by atoms with Crippen LogP contribution in [0.2, 0.25) is 0 Å². The monoisotopic (exact) mass is 534 g/mol. The summed E-state index contributed by atoms with van der Waals surface area (Å²) < 4.78 is 5.93. The van der Waals surface area contributed by atoms with E-state index in [1.807, 2.05) is 54.6 Å². The Morgan fingerprint density at radius 2 is 1.74 bits per heavy atom. The second-order valence-electron chi connectivity index (χ2n) is 7.90. The smallest absolute Gasteiger partial charge is 0.416 e. The normalized spacial score (nSPS) is 18.9. The molecule has 0 radical (unpaired) electrons. The van der Waals surface area contributed by atoms with Gasteiger partial charge < -0.3 is 9.84 Å². The van der Waals surface area contributed by atoms with Crippen molar-refractivity contribution in [1.82, 2.24) is 4.90 Å². The van der Waals surface area contributed by atoms with Crippen molar-refractivity contribution >= 4 is 39.1 Å². The van der Waals surface area contributed by atoms with E-state index in [1.54, 1.807) is 17.1 Å². The number of hydrogen-bond acceptors (Lipinski definition) is 7. The molecule has 10 heteroatoms. The molecule has 1 N–H and O–H groups in total. The first-order chi connectivity index (χ1) is 16.9.